The Hall–Kier alpha value is -1.40. The fourth-order valence-electron chi connectivity index (χ4n) is 1.68. The van der Waals surface area contributed by atoms with Crippen LogP contribution in [0.15, 0.2) is 17.5 Å². The average Bonchev–Trinajstić information content (AvgIpc) is 2.73. The number of benzene rings is 1. The normalized spacial score (nSPS) is 12.7. The molecule has 0 aliphatic carbocycles. The number of rotatable bonds is 3. The number of nitrogens with one attached hydrogen (secondary N) is 1. The van der Waals surface area contributed by atoms with Gasteiger partial charge in [0.15, 0.2) is 11.6 Å². The molecule has 18 heavy (non-hydrogen) atoms. The molecule has 96 valence electrons. The van der Waals surface area contributed by atoms with Gasteiger partial charge in [-0.1, -0.05) is 0 Å². The van der Waals surface area contributed by atoms with Gasteiger partial charge >= 0.3 is 0 Å². The van der Waals surface area contributed by atoms with Crippen LogP contribution < -0.4 is 5.32 Å². The molecule has 0 aliphatic rings. The molecule has 0 bridgehead atoms. The molecule has 6 heteroatoms. The lowest BCUT2D eigenvalue weighted by Crippen LogP contribution is -2.19. The van der Waals surface area contributed by atoms with Crippen LogP contribution in [0.25, 0.3) is 0 Å². The molecule has 2 rings (SSSR count). The molecule has 0 aliphatic heterocycles. The molecule has 1 aromatic carbocycles. The topological polar surface area (TPSA) is 24.9 Å². The zero-order valence-corrected chi connectivity index (χ0v) is 10.6. The van der Waals surface area contributed by atoms with Crippen molar-refractivity contribution in [2.24, 2.45) is 0 Å². The Morgan fingerprint density at radius 1 is 1.17 bits per heavy atom. The second kappa shape index (κ2) is 5.07. The van der Waals surface area contributed by atoms with Crippen molar-refractivity contribution in [3.8, 4) is 0 Å². The minimum Gasteiger partial charge on any atom is -0.307 e. The van der Waals surface area contributed by atoms with Crippen LogP contribution in [0.4, 0.5) is 13.2 Å². The van der Waals surface area contributed by atoms with E-state index < -0.39 is 23.5 Å². The summed E-state index contributed by atoms with van der Waals surface area (Å²) in [5, 5.41) is 5.28. The molecule has 2 aromatic rings. The Morgan fingerprint density at radius 2 is 1.83 bits per heavy atom. The number of halogens is 3. The molecule has 0 spiro atoms. The number of hydrogen-bond acceptors (Lipinski definition) is 3. The largest absolute Gasteiger partial charge is 0.307 e. The molecular formula is C12H11F3N2S. The maximum Gasteiger partial charge on any atom is 0.161 e. The van der Waals surface area contributed by atoms with Crippen molar-refractivity contribution >= 4 is 11.3 Å². The van der Waals surface area contributed by atoms with E-state index >= 15 is 0 Å². The fraction of sp³-hybridized carbons (Fsp3) is 0.250. The molecule has 0 radical (unpaired) electrons. The van der Waals surface area contributed by atoms with Crippen LogP contribution in [0.3, 0.4) is 0 Å². The van der Waals surface area contributed by atoms with Crippen molar-refractivity contribution < 1.29 is 13.2 Å². The maximum atomic E-state index is 13.7. The highest BCUT2D eigenvalue weighted by Gasteiger charge is 2.21. The highest BCUT2D eigenvalue weighted by molar-refractivity contribution is 7.09. The monoisotopic (exact) mass is 272 g/mol. The molecule has 0 fully saturated rings. The highest BCUT2D eigenvalue weighted by atomic mass is 32.1. The molecule has 1 N–H and O–H groups in total. The Morgan fingerprint density at radius 3 is 2.39 bits per heavy atom. The van der Waals surface area contributed by atoms with Crippen molar-refractivity contribution in [1.82, 2.24) is 10.3 Å². The first-order valence-corrected chi connectivity index (χ1v) is 6.14. The van der Waals surface area contributed by atoms with E-state index in [0.717, 1.165) is 11.8 Å². The number of aromatic nitrogens is 1. The van der Waals surface area contributed by atoms with Gasteiger partial charge in [-0.3, -0.25) is 0 Å². The van der Waals surface area contributed by atoms with E-state index in [1.807, 2.05) is 12.3 Å². The van der Waals surface area contributed by atoms with Crippen molar-refractivity contribution in [2.45, 2.75) is 13.0 Å². The number of nitrogens with zero attached hydrogens (tertiary/aromatic N) is 1. The third-order valence-corrected chi connectivity index (χ3v) is 3.55. The van der Waals surface area contributed by atoms with Gasteiger partial charge < -0.3 is 5.32 Å². The van der Waals surface area contributed by atoms with E-state index in [0.29, 0.717) is 11.1 Å². The summed E-state index contributed by atoms with van der Waals surface area (Å²) in [6.07, 6.45) is 0. The van der Waals surface area contributed by atoms with Gasteiger partial charge in [-0.15, -0.1) is 11.3 Å². The minimum atomic E-state index is -1.19. The lowest BCUT2D eigenvalue weighted by molar-refractivity contribution is 0.483. The zero-order valence-electron chi connectivity index (χ0n) is 9.80. The fourth-order valence-corrected chi connectivity index (χ4v) is 2.60. The Labute approximate surface area is 106 Å². The summed E-state index contributed by atoms with van der Waals surface area (Å²) in [7, 11) is 1.61. The SMILES string of the molecule is CNC(c1nc(C)cs1)c1cc(F)c(F)cc1F. The van der Waals surface area contributed by atoms with Crippen molar-refractivity contribution in [3.63, 3.8) is 0 Å². The van der Waals surface area contributed by atoms with Gasteiger partial charge in [-0.05, 0) is 20.0 Å². The third-order valence-electron chi connectivity index (χ3n) is 2.52. The summed E-state index contributed by atoms with van der Waals surface area (Å²) >= 11 is 1.34. The molecule has 1 unspecified atom stereocenters. The van der Waals surface area contributed by atoms with Crippen LogP contribution in [0.1, 0.15) is 22.3 Å². The summed E-state index contributed by atoms with van der Waals surface area (Å²) in [6, 6.07) is 0.830. The maximum absolute atomic E-state index is 13.7. The van der Waals surface area contributed by atoms with Crippen LogP contribution in [0.2, 0.25) is 0 Å². The van der Waals surface area contributed by atoms with Gasteiger partial charge in [-0.2, -0.15) is 0 Å². The standard InChI is InChI=1S/C12H11F3N2S/c1-6-5-18-12(17-6)11(16-2)7-3-9(14)10(15)4-8(7)13/h3-5,11,16H,1-2H3. The smallest absolute Gasteiger partial charge is 0.161 e. The van der Waals surface area contributed by atoms with E-state index in [1.54, 1.807) is 7.05 Å². The number of aryl methyl sites for hydroxylation is 1. The molecule has 1 aromatic heterocycles. The van der Waals surface area contributed by atoms with E-state index in [-0.39, 0.29) is 5.56 Å². The third kappa shape index (κ3) is 2.39. The lowest BCUT2D eigenvalue weighted by atomic mass is 10.1. The summed E-state index contributed by atoms with van der Waals surface area (Å²) < 4.78 is 39.8. The van der Waals surface area contributed by atoms with Gasteiger partial charge in [0.2, 0.25) is 0 Å². The summed E-state index contributed by atoms with van der Waals surface area (Å²) in [4.78, 5) is 4.22. The average molecular weight is 272 g/mol. The first-order valence-electron chi connectivity index (χ1n) is 5.26. The first-order chi connectivity index (χ1) is 8.52. The number of thiazole rings is 1. The highest BCUT2D eigenvalue weighted by Crippen LogP contribution is 2.28. The van der Waals surface area contributed by atoms with Crippen LogP contribution in [0.5, 0.6) is 0 Å². The predicted molar refractivity (Wildman–Crippen MR) is 64.1 cm³/mol. The molecule has 2 nitrogen and oxygen atoms in total. The van der Waals surface area contributed by atoms with E-state index in [2.05, 4.69) is 10.3 Å². The van der Waals surface area contributed by atoms with Crippen molar-refractivity contribution in [3.05, 3.63) is 51.2 Å². The first kappa shape index (κ1) is 13.0. The molecular weight excluding hydrogens is 261 g/mol. The summed E-state index contributed by atoms with van der Waals surface area (Å²) in [5.41, 5.74) is 0.851. The van der Waals surface area contributed by atoms with Gasteiger partial charge in [0.05, 0.1) is 6.04 Å². The van der Waals surface area contributed by atoms with Crippen molar-refractivity contribution in [1.29, 1.82) is 0 Å². The van der Waals surface area contributed by atoms with Gasteiger partial charge in [0.1, 0.15) is 10.8 Å². The van der Waals surface area contributed by atoms with E-state index in [4.69, 9.17) is 0 Å². The molecule has 1 heterocycles. The number of hydrogen-bond donors (Lipinski definition) is 1. The van der Waals surface area contributed by atoms with Crippen LogP contribution in [0, 0.1) is 24.4 Å². The molecule has 1 atom stereocenters. The predicted octanol–water partition coefficient (Wildman–Crippen LogP) is 3.18. The zero-order chi connectivity index (χ0) is 13.3. The second-order valence-electron chi connectivity index (χ2n) is 3.84. The van der Waals surface area contributed by atoms with E-state index in [1.165, 1.54) is 11.3 Å². The summed E-state index contributed by atoms with van der Waals surface area (Å²) in [6.45, 7) is 1.81. The van der Waals surface area contributed by atoms with Crippen LogP contribution in [-0.4, -0.2) is 12.0 Å². The lowest BCUT2D eigenvalue weighted by Gasteiger charge is -2.15. The van der Waals surface area contributed by atoms with Gasteiger partial charge in [0.25, 0.3) is 0 Å². The van der Waals surface area contributed by atoms with Crippen molar-refractivity contribution in [2.75, 3.05) is 7.05 Å². The van der Waals surface area contributed by atoms with Gasteiger partial charge in [0, 0.05) is 22.7 Å². The Balaban J connectivity index is 2.48. The van der Waals surface area contributed by atoms with Gasteiger partial charge in [-0.25, -0.2) is 18.2 Å². The molecule has 0 saturated carbocycles. The molecule has 0 saturated heterocycles. The van der Waals surface area contributed by atoms with E-state index in [9.17, 15) is 13.2 Å². The van der Waals surface area contributed by atoms with Crippen LogP contribution >= 0.6 is 11.3 Å². The van der Waals surface area contributed by atoms with Crippen LogP contribution in [-0.2, 0) is 0 Å². The minimum absolute atomic E-state index is 0.0470. The molecule has 0 amide bonds. The second-order valence-corrected chi connectivity index (χ2v) is 4.73. The Kier molecular flexibility index (Phi) is 3.68. The quantitative estimate of drug-likeness (QED) is 0.868. The Bertz CT molecular complexity index is 568. The summed E-state index contributed by atoms with van der Waals surface area (Å²) in [5.74, 6) is -3.05.